The monoisotopic (exact) mass is 482 g/mol. The maximum absolute atomic E-state index is 13.2. The van der Waals surface area contributed by atoms with Gasteiger partial charge in [-0.15, -0.1) is 0 Å². The molecule has 4 heteroatoms. The zero-order valence-electron chi connectivity index (χ0n) is 21.6. The molecule has 1 amide bonds. The van der Waals surface area contributed by atoms with E-state index >= 15 is 0 Å². The molecule has 4 nitrogen and oxygen atoms in total. The standard InChI is InChI=1S/C32H38N2O2/c1-3-16-31(36)17-18-32(21-24-9-5-4-6-10-24)27(22-31)12-7-11-25-20-26(14-15-28(25)32)30(35)34-29-13-8-19-33-23(29)2/h4-6,8-10,13-15,19-20,27,36H,3,7,11-12,16-18,21-22H2,1-2H3,(H,34,35)/t27-,31+,32-/m0/s1. The van der Waals surface area contributed by atoms with Crippen LogP contribution in [0.15, 0.2) is 66.9 Å². The summed E-state index contributed by atoms with van der Waals surface area (Å²) >= 11 is 0. The van der Waals surface area contributed by atoms with Crippen molar-refractivity contribution in [3.05, 3.63) is 94.8 Å². The van der Waals surface area contributed by atoms with E-state index < -0.39 is 5.60 Å². The highest BCUT2D eigenvalue weighted by Gasteiger charge is 2.50. The van der Waals surface area contributed by atoms with Crippen LogP contribution in [-0.2, 0) is 18.3 Å². The minimum Gasteiger partial charge on any atom is -0.390 e. The van der Waals surface area contributed by atoms with Gasteiger partial charge in [0, 0.05) is 17.2 Å². The van der Waals surface area contributed by atoms with Crippen LogP contribution < -0.4 is 5.32 Å². The van der Waals surface area contributed by atoms with Gasteiger partial charge in [-0.25, -0.2) is 0 Å². The number of carbonyl (C=O) groups excluding carboxylic acids is 1. The van der Waals surface area contributed by atoms with E-state index in [1.54, 1.807) is 6.20 Å². The lowest BCUT2D eigenvalue weighted by Gasteiger charge is -2.50. The number of rotatable bonds is 6. The van der Waals surface area contributed by atoms with E-state index in [0.29, 0.717) is 11.5 Å². The molecule has 36 heavy (non-hydrogen) atoms. The molecule has 1 aromatic heterocycles. The van der Waals surface area contributed by atoms with Crippen molar-refractivity contribution in [1.82, 2.24) is 4.98 Å². The van der Waals surface area contributed by atoms with E-state index in [2.05, 4.69) is 59.7 Å². The van der Waals surface area contributed by atoms with Crippen molar-refractivity contribution in [3.8, 4) is 0 Å². The van der Waals surface area contributed by atoms with E-state index in [0.717, 1.165) is 69.2 Å². The lowest BCUT2D eigenvalue weighted by Crippen LogP contribution is -2.49. The number of nitrogens with one attached hydrogen (secondary N) is 1. The lowest BCUT2D eigenvalue weighted by molar-refractivity contribution is -0.0534. The Morgan fingerprint density at radius 3 is 2.72 bits per heavy atom. The molecule has 0 aliphatic heterocycles. The Morgan fingerprint density at radius 2 is 1.94 bits per heavy atom. The van der Waals surface area contributed by atoms with Gasteiger partial charge in [0.1, 0.15) is 0 Å². The van der Waals surface area contributed by atoms with E-state index in [9.17, 15) is 9.90 Å². The molecule has 2 aromatic carbocycles. The summed E-state index contributed by atoms with van der Waals surface area (Å²) in [5.74, 6) is 0.342. The predicted molar refractivity (Wildman–Crippen MR) is 145 cm³/mol. The first-order chi connectivity index (χ1) is 17.4. The van der Waals surface area contributed by atoms with Gasteiger partial charge in [-0.1, -0.05) is 49.7 Å². The SMILES string of the molecule is CCC[C@@]1(O)CC[C@@]2(Cc3ccccc3)c3ccc(C(=O)Nc4cccnc4C)cc3CCC[C@H]2C1. The van der Waals surface area contributed by atoms with Crippen LogP contribution >= 0.6 is 0 Å². The molecule has 2 aliphatic rings. The van der Waals surface area contributed by atoms with Crippen molar-refractivity contribution in [2.45, 2.75) is 82.7 Å². The fourth-order valence-corrected chi connectivity index (χ4v) is 6.91. The number of pyridine rings is 1. The van der Waals surface area contributed by atoms with Gasteiger partial charge < -0.3 is 10.4 Å². The Bertz CT molecular complexity index is 1220. The quantitative estimate of drug-likeness (QED) is 0.407. The summed E-state index contributed by atoms with van der Waals surface area (Å²) < 4.78 is 0. The molecule has 0 saturated heterocycles. The third-order valence-corrected chi connectivity index (χ3v) is 8.68. The highest BCUT2D eigenvalue weighted by atomic mass is 16.3. The predicted octanol–water partition coefficient (Wildman–Crippen LogP) is 6.79. The highest BCUT2D eigenvalue weighted by Crippen LogP contribution is 2.54. The Hall–Kier alpha value is -2.98. The van der Waals surface area contributed by atoms with E-state index in [1.807, 2.05) is 25.1 Å². The minimum absolute atomic E-state index is 0.0118. The van der Waals surface area contributed by atoms with Gasteiger partial charge in [-0.2, -0.15) is 0 Å². The largest absolute Gasteiger partial charge is 0.390 e. The molecule has 0 unspecified atom stereocenters. The molecule has 3 aromatic rings. The number of amides is 1. The maximum atomic E-state index is 13.2. The van der Waals surface area contributed by atoms with Gasteiger partial charge in [0.2, 0.25) is 0 Å². The third-order valence-electron chi connectivity index (χ3n) is 8.68. The summed E-state index contributed by atoms with van der Waals surface area (Å²) in [5, 5.41) is 14.5. The number of carbonyl (C=O) groups is 1. The van der Waals surface area contributed by atoms with E-state index in [4.69, 9.17) is 0 Å². The van der Waals surface area contributed by atoms with Gasteiger partial charge in [-0.3, -0.25) is 9.78 Å². The first-order valence-electron chi connectivity index (χ1n) is 13.6. The van der Waals surface area contributed by atoms with Gasteiger partial charge in [0.05, 0.1) is 17.0 Å². The molecule has 0 radical (unpaired) electrons. The molecule has 1 fully saturated rings. The van der Waals surface area contributed by atoms with Gasteiger partial charge in [0.25, 0.3) is 5.91 Å². The van der Waals surface area contributed by atoms with Crippen LogP contribution in [0.4, 0.5) is 5.69 Å². The second-order valence-corrected chi connectivity index (χ2v) is 11.0. The molecule has 1 heterocycles. The molecular weight excluding hydrogens is 444 g/mol. The zero-order chi connectivity index (χ0) is 25.2. The Labute approximate surface area is 215 Å². The third kappa shape index (κ3) is 4.84. The van der Waals surface area contributed by atoms with Crippen LogP contribution in [0.5, 0.6) is 0 Å². The normalized spacial score (nSPS) is 25.4. The molecule has 5 rings (SSSR count). The van der Waals surface area contributed by atoms with Crippen molar-refractivity contribution >= 4 is 11.6 Å². The number of aryl methyl sites for hydroxylation is 2. The summed E-state index contributed by atoms with van der Waals surface area (Å²) in [6.07, 6.45) is 10.5. The smallest absolute Gasteiger partial charge is 0.255 e. The number of aliphatic hydroxyl groups is 1. The second-order valence-electron chi connectivity index (χ2n) is 11.0. The molecular formula is C32H38N2O2. The first-order valence-corrected chi connectivity index (χ1v) is 13.6. The van der Waals surface area contributed by atoms with Crippen molar-refractivity contribution in [1.29, 1.82) is 0 Å². The van der Waals surface area contributed by atoms with Crippen LogP contribution in [0.1, 0.15) is 84.6 Å². The summed E-state index contributed by atoms with van der Waals surface area (Å²) in [6.45, 7) is 4.08. The minimum atomic E-state index is -0.550. The number of aromatic nitrogens is 1. The zero-order valence-corrected chi connectivity index (χ0v) is 21.6. The molecule has 188 valence electrons. The Balaban J connectivity index is 1.52. The fourth-order valence-electron chi connectivity index (χ4n) is 6.91. The molecule has 3 atom stereocenters. The average Bonchev–Trinajstić information content (AvgIpc) is 3.02. The van der Waals surface area contributed by atoms with Gasteiger partial charge in [0.15, 0.2) is 0 Å². The highest BCUT2D eigenvalue weighted by molar-refractivity contribution is 6.04. The summed E-state index contributed by atoms with van der Waals surface area (Å²) in [7, 11) is 0. The summed E-state index contributed by atoms with van der Waals surface area (Å²) in [5.41, 5.74) is 5.74. The molecule has 2 aliphatic carbocycles. The van der Waals surface area contributed by atoms with Crippen LogP contribution in [0.2, 0.25) is 0 Å². The van der Waals surface area contributed by atoms with Crippen molar-refractivity contribution in [2.75, 3.05) is 5.32 Å². The topological polar surface area (TPSA) is 62.2 Å². The van der Waals surface area contributed by atoms with Crippen LogP contribution in [0.3, 0.4) is 0 Å². The van der Waals surface area contributed by atoms with Gasteiger partial charge in [-0.05, 0) is 105 Å². The van der Waals surface area contributed by atoms with E-state index in [-0.39, 0.29) is 11.3 Å². The lowest BCUT2D eigenvalue weighted by atomic mass is 9.55. The number of hydrogen-bond donors (Lipinski definition) is 2. The molecule has 1 saturated carbocycles. The van der Waals surface area contributed by atoms with Crippen LogP contribution in [0.25, 0.3) is 0 Å². The van der Waals surface area contributed by atoms with Crippen LogP contribution in [-0.4, -0.2) is 21.6 Å². The first kappa shape index (κ1) is 24.7. The fraction of sp³-hybridized carbons (Fsp3) is 0.438. The number of nitrogens with zero attached hydrogens (tertiary/aromatic N) is 1. The van der Waals surface area contributed by atoms with Crippen molar-refractivity contribution in [2.24, 2.45) is 5.92 Å². The molecule has 2 N–H and O–H groups in total. The molecule has 0 bridgehead atoms. The number of benzene rings is 2. The maximum Gasteiger partial charge on any atom is 0.255 e. The molecule has 0 spiro atoms. The number of anilines is 1. The average molecular weight is 483 g/mol. The second kappa shape index (κ2) is 10.2. The van der Waals surface area contributed by atoms with E-state index in [1.165, 1.54) is 16.7 Å². The van der Waals surface area contributed by atoms with Crippen molar-refractivity contribution in [3.63, 3.8) is 0 Å². The Morgan fingerprint density at radius 1 is 1.11 bits per heavy atom. The van der Waals surface area contributed by atoms with Crippen LogP contribution in [0, 0.1) is 12.8 Å². The summed E-state index contributed by atoms with van der Waals surface area (Å²) in [6, 6.07) is 20.9. The Kier molecular flexibility index (Phi) is 6.98. The number of hydrogen-bond acceptors (Lipinski definition) is 3. The number of fused-ring (bicyclic) bond motifs is 3. The summed E-state index contributed by atoms with van der Waals surface area (Å²) in [4.78, 5) is 17.5. The van der Waals surface area contributed by atoms with Gasteiger partial charge >= 0.3 is 0 Å². The van der Waals surface area contributed by atoms with Crippen molar-refractivity contribution < 1.29 is 9.90 Å².